The van der Waals surface area contributed by atoms with Crippen LogP contribution in [-0.2, 0) is 0 Å². The van der Waals surface area contributed by atoms with E-state index in [1.54, 1.807) is 0 Å². The van der Waals surface area contributed by atoms with Crippen LogP contribution in [0, 0.1) is 0 Å². The summed E-state index contributed by atoms with van der Waals surface area (Å²) >= 11 is 0. The van der Waals surface area contributed by atoms with E-state index in [0.717, 1.165) is 54.1 Å². The standard InChI is InChI=1S/C56H46O4Si2/c1-5-43-29-35-49(36-30-43)57-61(51-21-13-9-14-22-51,52-23-15-10-16-24-52)59-55-39-33-47(41-45(55)7-3)48-34-40-56(46(8-4)42-48)60-62(53-25-17-11-18-26-53,54-27-19-12-20-28-54)58-50-37-31-44(6-2)32-38-50/h5-42H,1-4H2. The second kappa shape index (κ2) is 18.7. The van der Waals surface area contributed by atoms with Crippen molar-refractivity contribution in [3.8, 4) is 34.1 Å². The van der Waals surface area contributed by atoms with Crippen molar-refractivity contribution in [1.29, 1.82) is 0 Å². The predicted octanol–water partition coefficient (Wildman–Crippen LogP) is 11.4. The minimum absolute atomic E-state index is 0.662. The summed E-state index contributed by atoms with van der Waals surface area (Å²) in [6.45, 7) is 16.3. The highest BCUT2D eigenvalue weighted by Crippen LogP contribution is 2.34. The van der Waals surface area contributed by atoms with Crippen LogP contribution in [0.4, 0.5) is 0 Å². The molecular formula is C56H46O4Si2. The molecule has 6 heteroatoms. The van der Waals surface area contributed by atoms with Gasteiger partial charge in [-0.15, -0.1) is 0 Å². The van der Waals surface area contributed by atoms with Crippen molar-refractivity contribution in [3.63, 3.8) is 0 Å². The molecule has 302 valence electrons. The van der Waals surface area contributed by atoms with E-state index in [2.05, 4.69) is 99.1 Å². The molecule has 0 bridgehead atoms. The van der Waals surface area contributed by atoms with Crippen LogP contribution >= 0.6 is 0 Å². The van der Waals surface area contributed by atoms with E-state index in [1.807, 2.05) is 158 Å². The van der Waals surface area contributed by atoms with E-state index < -0.39 is 17.1 Å². The predicted molar refractivity (Wildman–Crippen MR) is 263 cm³/mol. The second-order valence-electron chi connectivity index (χ2n) is 14.6. The summed E-state index contributed by atoms with van der Waals surface area (Å²) in [4.78, 5) is 0. The van der Waals surface area contributed by atoms with Gasteiger partial charge < -0.3 is 17.7 Å². The van der Waals surface area contributed by atoms with Crippen molar-refractivity contribution < 1.29 is 17.7 Å². The summed E-state index contributed by atoms with van der Waals surface area (Å²) in [6, 6.07) is 69.1. The maximum Gasteiger partial charge on any atom is 0.531 e. The lowest BCUT2D eigenvalue weighted by Gasteiger charge is -2.33. The molecule has 0 spiro atoms. The fraction of sp³-hybridized carbons (Fsp3) is 0. The van der Waals surface area contributed by atoms with E-state index >= 15 is 0 Å². The first-order valence-electron chi connectivity index (χ1n) is 20.4. The molecule has 0 atom stereocenters. The van der Waals surface area contributed by atoms with Crippen molar-refractivity contribution in [2.24, 2.45) is 0 Å². The summed E-state index contributed by atoms with van der Waals surface area (Å²) in [6.07, 6.45) is 7.30. The Morgan fingerprint density at radius 2 is 0.613 bits per heavy atom. The molecule has 0 unspecified atom stereocenters. The Morgan fingerprint density at radius 3 is 0.887 bits per heavy atom. The van der Waals surface area contributed by atoms with Crippen molar-refractivity contribution in [2.45, 2.75) is 0 Å². The number of rotatable bonds is 17. The largest absolute Gasteiger partial charge is 0.531 e. The summed E-state index contributed by atoms with van der Waals surface area (Å²) in [7, 11) is -6.90. The lowest BCUT2D eigenvalue weighted by molar-refractivity contribution is 0.416. The first-order chi connectivity index (χ1) is 30.5. The summed E-state index contributed by atoms with van der Waals surface area (Å²) in [5, 5.41) is 3.86. The van der Waals surface area contributed by atoms with E-state index in [1.165, 1.54) is 0 Å². The van der Waals surface area contributed by atoms with Gasteiger partial charge in [0.25, 0.3) is 0 Å². The highest BCUT2D eigenvalue weighted by Gasteiger charge is 2.49. The molecule has 0 aliphatic heterocycles. The normalized spacial score (nSPS) is 11.2. The highest BCUT2D eigenvalue weighted by molar-refractivity contribution is 6.94. The minimum atomic E-state index is -3.45. The molecule has 0 aromatic heterocycles. The van der Waals surface area contributed by atoms with Gasteiger partial charge in [-0.1, -0.05) is 208 Å². The van der Waals surface area contributed by atoms with E-state index in [4.69, 9.17) is 17.7 Å². The third-order valence-electron chi connectivity index (χ3n) is 10.7. The van der Waals surface area contributed by atoms with Crippen LogP contribution in [0.25, 0.3) is 35.4 Å². The van der Waals surface area contributed by atoms with Crippen LogP contribution in [0.1, 0.15) is 22.3 Å². The molecule has 0 heterocycles. The molecular weight excluding hydrogens is 793 g/mol. The van der Waals surface area contributed by atoms with Crippen LogP contribution < -0.4 is 38.5 Å². The summed E-state index contributed by atoms with van der Waals surface area (Å²) < 4.78 is 28.8. The van der Waals surface area contributed by atoms with Gasteiger partial charge in [-0.2, -0.15) is 0 Å². The van der Waals surface area contributed by atoms with Crippen LogP contribution in [0.3, 0.4) is 0 Å². The Kier molecular flexibility index (Phi) is 12.4. The van der Waals surface area contributed by atoms with Gasteiger partial charge >= 0.3 is 17.1 Å². The molecule has 0 fully saturated rings. The van der Waals surface area contributed by atoms with Gasteiger partial charge in [-0.3, -0.25) is 0 Å². The van der Waals surface area contributed by atoms with Crippen LogP contribution in [0.15, 0.2) is 233 Å². The zero-order valence-corrected chi connectivity index (χ0v) is 36.4. The molecule has 0 aliphatic rings. The van der Waals surface area contributed by atoms with Crippen molar-refractivity contribution in [3.05, 3.63) is 255 Å². The molecule has 0 saturated carbocycles. The molecule has 0 radical (unpaired) electrons. The fourth-order valence-corrected chi connectivity index (χ4v) is 13.6. The van der Waals surface area contributed by atoms with Gasteiger partial charge in [0.2, 0.25) is 0 Å². The lowest BCUT2D eigenvalue weighted by atomic mass is 10.00. The molecule has 0 saturated heterocycles. The average molecular weight is 839 g/mol. The summed E-state index contributed by atoms with van der Waals surface area (Å²) in [5.74, 6) is 2.73. The third-order valence-corrected chi connectivity index (χ3v) is 17.1. The third kappa shape index (κ3) is 8.65. The summed E-state index contributed by atoms with van der Waals surface area (Å²) in [5.41, 5.74) is 5.61. The van der Waals surface area contributed by atoms with Crippen molar-refractivity contribution in [2.75, 3.05) is 0 Å². The quantitative estimate of drug-likeness (QED) is 0.0856. The molecule has 0 N–H and O–H groups in total. The zero-order valence-electron chi connectivity index (χ0n) is 34.4. The van der Waals surface area contributed by atoms with Gasteiger partial charge in [0, 0.05) is 31.9 Å². The van der Waals surface area contributed by atoms with Crippen LogP contribution in [0.2, 0.25) is 0 Å². The molecule has 8 rings (SSSR count). The van der Waals surface area contributed by atoms with E-state index in [0.29, 0.717) is 23.0 Å². The average Bonchev–Trinajstić information content (AvgIpc) is 3.35. The van der Waals surface area contributed by atoms with E-state index in [-0.39, 0.29) is 0 Å². The number of hydrogen-bond acceptors (Lipinski definition) is 4. The Balaban J connectivity index is 1.18. The Labute approximate surface area is 367 Å². The second-order valence-corrected chi connectivity index (χ2v) is 20.2. The van der Waals surface area contributed by atoms with Crippen LogP contribution in [-0.4, -0.2) is 17.1 Å². The molecule has 8 aromatic rings. The SMILES string of the molecule is C=Cc1ccc(O[Si](Oc2ccc(-c3ccc(O[Si](Oc4ccc(C=C)cc4)(c4ccccc4)c4ccccc4)c(C=C)c3)cc2C=C)(c2ccccc2)c2ccccc2)cc1. The molecule has 62 heavy (non-hydrogen) atoms. The van der Waals surface area contributed by atoms with Gasteiger partial charge in [0.15, 0.2) is 0 Å². The number of benzene rings is 8. The molecule has 4 nitrogen and oxygen atoms in total. The Morgan fingerprint density at radius 1 is 0.306 bits per heavy atom. The monoisotopic (exact) mass is 838 g/mol. The smallest absolute Gasteiger partial charge is 0.506 e. The Hall–Kier alpha value is -7.65. The first kappa shape index (κ1) is 41.1. The van der Waals surface area contributed by atoms with Crippen molar-refractivity contribution in [1.82, 2.24) is 0 Å². The van der Waals surface area contributed by atoms with Gasteiger partial charge in [0.1, 0.15) is 23.0 Å². The fourth-order valence-electron chi connectivity index (χ4n) is 7.42. The minimum Gasteiger partial charge on any atom is -0.506 e. The number of hydrogen-bond donors (Lipinski definition) is 0. The van der Waals surface area contributed by atoms with Gasteiger partial charge in [0.05, 0.1) is 0 Å². The zero-order chi connectivity index (χ0) is 42.8. The lowest BCUT2D eigenvalue weighted by Crippen LogP contribution is -2.68. The first-order valence-corrected chi connectivity index (χ1v) is 24.1. The molecule has 8 aromatic carbocycles. The maximum absolute atomic E-state index is 7.29. The molecule has 0 aliphatic carbocycles. The maximum atomic E-state index is 7.29. The molecule has 0 amide bonds. The van der Waals surface area contributed by atoms with Gasteiger partial charge in [-0.05, 0) is 70.8 Å². The van der Waals surface area contributed by atoms with Crippen molar-refractivity contribution >= 4 is 62.2 Å². The van der Waals surface area contributed by atoms with E-state index in [9.17, 15) is 0 Å². The highest BCUT2D eigenvalue weighted by atomic mass is 28.4. The van der Waals surface area contributed by atoms with Gasteiger partial charge in [-0.25, -0.2) is 0 Å². The van der Waals surface area contributed by atoms with Crippen LogP contribution in [0.5, 0.6) is 23.0 Å². The Bertz CT molecular complexity index is 2510. The topological polar surface area (TPSA) is 36.9 Å².